The second-order valence-electron chi connectivity index (χ2n) is 8.31. The van der Waals surface area contributed by atoms with Gasteiger partial charge in [0.1, 0.15) is 12.4 Å². The fraction of sp³-hybridized carbons (Fsp3) is 0.619. The minimum Gasteiger partial charge on any atom is -0.491 e. The monoisotopic (exact) mass is 436 g/mol. The van der Waals surface area contributed by atoms with Crippen LogP contribution in [0.25, 0.3) is 0 Å². The van der Waals surface area contributed by atoms with E-state index in [0.717, 1.165) is 30.8 Å². The van der Waals surface area contributed by atoms with Gasteiger partial charge in [-0.25, -0.2) is 8.42 Å². The highest BCUT2D eigenvalue weighted by Crippen LogP contribution is 2.26. The zero-order chi connectivity index (χ0) is 21.1. The third-order valence-electron chi connectivity index (χ3n) is 6.03. The van der Waals surface area contributed by atoms with Crippen molar-refractivity contribution in [2.45, 2.75) is 44.4 Å². The van der Waals surface area contributed by atoms with Crippen molar-refractivity contribution in [2.75, 3.05) is 31.3 Å². The van der Waals surface area contributed by atoms with Gasteiger partial charge in [0.05, 0.1) is 23.5 Å². The maximum absolute atomic E-state index is 12.5. The van der Waals surface area contributed by atoms with Crippen LogP contribution in [0, 0.1) is 5.92 Å². The molecule has 0 aromatic heterocycles. The molecule has 3 heterocycles. The van der Waals surface area contributed by atoms with Crippen LogP contribution in [0.3, 0.4) is 0 Å². The van der Waals surface area contributed by atoms with E-state index in [2.05, 4.69) is 5.32 Å². The Morgan fingerprint density at radius 1 is 1.23 bits per heavy atom. The van der Waals surface area contributed by atoms with E-state index in [1.165, 1.54) is 0 Å². The topological polar surface area (TPSA) is 102 Å². The van der Waals surface area contributed by atoms with Gasteiger partial charge in [-0.3, -0.25) is 9.59 Å². The molecule has 1 aromatic rings. The maximum atomic E-state index is 12.5. The van der Waals surface area contributed by atoms with Gasteiger partial charge in [-0.2, -0.15) is 0 Å². The second-order valence-corrected chi connectivity index (χ2v) is 10.5. The molecule has 3 aliphatic heterocycles. The summed E-state index contributed by atoms with van der Waals surface area (Å²) in [4.78, 5) is 26.4. The standard InChI is InChI=1S/C21H28N2O6S/c24-20-10-16(12-23(20)17-7-9-30(26,27)14-17)21(25)22-11-15-3-5-18(6-4-15)29-13-19-2-1-8-28-19/h3-6,16-17,19H,1-2,7-14H2,(H,22,25). The van der Waals surface area contributed by atoms with Crippen molar-refractivity contribution in [3.63, 3.8) is 0 Å². The van der Waals surface area contributed by atoms with E-state index >= 15 is 0 Å². The predicted molar refractivity (Wildman–Crippen MR) is 110 cm³/mol. The number of carbonyl (C=O) groups excluding carboxylic acids is 2. The average Bonchev–Trinajstić information content (AvgIpc) is 3.45. The molecule has 2 amide bonds. The molecule has 1 aromatic carbocycles. The van der Waals surface area contributed by atoms with Crippen LogP contribution in [0.15, 0.2) is 24.3 Å². The summed E-state index contributed by atoms with van der Waals surface area (Å²) in [5.74, 6) is 0.148. The third-order valence-corrected chi connectivity index (χ3v) is 7.78. The molecule has 4 rings (SSSR count). The molecule has 8 nitrogen and oxygen atoms in total. The summed E-state index contributed by atoms with van der Waals surface area (Å²) in [6.07, 6.45) is 2.88. The molecule has 9 heteroatoms. The second kappa shape index (κ2) is 8.93. The number of likely N-dealkylation sites (tertiary alicyclic amines) is 1. The Morgan fingerprint density at radius 2 is 2.03 bits per heavy atom. The van der Waals surface area contributed by atoms with E-state index in [0.29, 0.717) is 26.1 Å². The number of hydrogen-bond acceptors (Lipinski definition) is 6. The van der Waals surface area contributed by atoms with Gasteiger partial charge >= 0.3 is 0 Å². The van der Waals surface area contributed by atoms with Gasteiger partial charge in [-0.05, 0) is 37.0 Å². The number of nitrogens with zero attached hydrogens (tertiary/aromatic N) is 1. The Labute approximate surface area is 176 Å². The molecule has 3 aliphatic rings. The molecule has 0 bridgehead atoms. The van der Waals surface area contributed by atoms with Gasteiger partial charge in [0.25, 0.3) is 0 Å². The molecule has 3 fully saturated rings. The lowest BCUT2D eigenvalue weighted by Crippen LogP contribution is -2.39. The first-order valence-electron chi connectivity index (χ1n) is 10.5. The van der Waals surface area contributed by atoms with Crippen LogP contribution >= 0.6 is 0 Å². The number of hydrogen-bond donors (Lipinski definition) is 1. The fourth-order valence-electron chi connectivity index (χ4n) is 4.28. The smallest absolute Gasteiger partial charge is 0.225 e. The first-order valence-corrected chi connectivity index (χ1v) is 12.3. The lowest BCUT2D eigenvalue weighted by molar-refractivity contribution is -0.130. The number of benzene rings is 1. The van der Waals surface area contributed by atoms with Crippen molar-refractivity contribution in [3.8, 4) is 5.75 Å². The molecule has 3 unspecified atom stereocenters. The first kappa shape index (κ1) is 21.1. The number of amides is 2. The maximum Gasteiger partial charge on any atom is 0.225 e. The van der Waals surface area contributed by atoms with Crippen LogP contribution in [0.5, 0.6) is 5.75 Å². The Bertz CT molecular complexity index is 879. The van der Waals surface area contributed by atoms with E-state index in [4.69, 9.17) is 9.47 Å². The minimum absolute atomic E-state index is 0.00830. The molecule has 3 atom stereocenters. The quantitative estimate of drug-likeness (QED) is 0.681. The predicted octanol–water partition coefficient (Wildman–Crippen LogP) is 0.896. The molecular formula is C21H28N2O6S. The molecule has 0 radical (unpaired) electrons. The van der Waals surface area contributed by atoms with Gasteiger partial charge in [0.15, 0.2) is 9.84 Å². The zero-order valence-electron chi connectivity index (χ0n) is 16.9. The summed E-state index contributed by atoms with van der Waals surface area (Å²) in [7, 11) is -3.06. The Hall–Kier alpha value is -2.13. The Kier molecular flexibility index (Phi) is 6.29. The van der Waals surface area contributed by atoms with Gasteiger partial charge in [0.2, 0.25) is 11.8 Å². The highest BCUT2D eigenvalue weighted by Gasteiger charge is 2.41. The summed E-state index contributed by atoms with van der Waals surface area (Å²) in [6, 6.07) is 7.26. The molecule has 3 saturated heterocycles. The minimum atomic E-state index is -3.06. The van der Waals surface area contributed by atoms with Gasteiger partial charge < -0.3 is 19.7 Å². The van der Waals surface area contributed by atoms with Gasteiger partial charge in [-0.1, -0.05) is 12.1 Å². The highest BCUT2D eigenvalue weighted by atomic mass is 32.2. The molecule has 0 aliphatic carbocycles. The summed E-state index contributed by atoms with van der Waals surface area (Å²) >= 11 is 0. The lowest BCUT2D eigenvalue weighted by Gasteiger charge is -2.22. The van der Waals surface area contributed by atoms with Crippen LogP contribution in [0.4, 0.5) is 0 Å². The van der Waals surface area contributed by atoms with E-state index in [1.54, 1.807) is 4.90 Å². The van der Waals surface area contributed by atoms with Crippen LogP contribution < -0.4 is 10.1 Å². The molecule has 0 spiro atoms. The summed E-state index contributed by atoms with van der Waals surface area (Å²) in [5.41, 5.74) is 0.941. The summed E-state index contributed by atoms with van der Waals surface area (Å²) in [5, 5.41) is 2.89. The molecule has 30 heavy (non-hydrogen) atoms. The number of sulfone groups is 1. The van der Waals surface area contributed by atoms with Crippen molar-refractivity contribution in [1.82, 2.24) is 10.2 Å². The van der Waals surface area contributed by atoms with Crippen molar-refractivity contribution >= 4 is 21.7 Å². The fourth-order valence-corrected chi connectivity index (χ4v) is 6.01. The van der Waals surface area contributed by atoms with Crippen molar-refractivity contribution in [3.05, 3.63) is 29.8 Å². The number of ether oxygens (including phenoxy) is 2. The average molecular weight is 437 g/mol. The van der Waals surface area contributed by atoms with Crippen LogP contribution in [0.1, 0.15) is 31.2 Å². The Morgan fingerprint density at radius 3 is 2.70 bits per heavy atom. The van der Waals surface area contributed by atoms with E-state index in [1.807, 2.05) is 24.3 Å². The first-order chi connectivity index (χ1) is 14.4. The van der Waals surface area contributed by atoms with Crippen LogP contribution in [0.2, 0.25) is 0 Å². The largest absolute Gasteiger partial charge is 0.491 e. The zero-order valence-corrected chi connectivity index (χ0v) is 17.7. The van der Waals surface area contributed by atoms with Crippen molar-refractivity contribution in [1.29, 1.82) is 0 Å². The molecule has 164 valence electrons. The number of carbonyl (C=O) groups is 2. The van der Waals surface area contributed by atoms with Crippen LogP contribution in [-0.2, 0) is 30.7 Å². The molecule has 0 saturated carbocycles. The third kappa shape index (κ3) is 5.13. The van der Waals surface area contributed by atoms with Crippen molar-refractivity contribution in [2.24, 2.45) is 5.92 Å². The normalized spacial score (nSPS) is 28.1. The van der Waals surface area contributed by atoms with E-state index in [9.17, 15) is 18.0 Å². The van der Waals surface area contributed by atoms with Gasteiger partial charge in [0, 0.05) is 32.2 Å². The number of rotatable bonds is 7. The molecule has 1 N–H and O–H groups in total. The van der Waals surface area contributed by atoms with E-state index in [-0.39, 0.29) is 41.9 Å². The van der Waals surface area contributed by atoms with Crippen molar-refractivity contribution < 1.29 is 27.5 Å². The van der Waals surface area contributed by atoms with E-state index < -0.39 is 15.8 Å². The molecular weight excluding hydrogens is 408 g/mol. The SMILES string of the molecule is O=C(NCc1ccc(OCC2CCCO2)cc1)C1CC(=O)N(C2CCS(=O)(=O)C2)C1. The summed E-state index contributed by atoms with van der Waals surface area (Å²) in [6.45, 7) is 2.01. The Balaban J connectivity index is 1.23. The van der Waals surface area contributed by atoms with Gasteiger partial charge in [-0.15, -0.1) is 0 Å². The lowest BCUT2D eigenvalue weighted by atomic mass is 10.1. The summed E-state index contributed by atoms with van der Waals surface area (Å²) < 4.78 is 34.6. The highest BCUT2D eigenvalue weighted by molar-refractivity contribution is 7.91. The van der Waals surface area contributed by atoms with Crippen LogP contribution in [-0.4, -0.2) is 68.5 Å². The number of nitrogens with one attached hydrogen (secondary N) is 1.